The summed E-state index contributed by atoms with van der Waals surface area (Å²) in [6.45, 7) is -3.13. The first kappa shape index (κ1) is 23.2. The van der Waals surface area contributed by atoms with Gasteiger partial charge in [-0.2, -0.15) is 13.5 Å². The zero-order valence-electron chi connectivity index (χ0n) is 18.2. The number of fused-ring (bicyclic) bond motifs is 1. The van der Waals surface area contributed by atoms with Gasteiger partial charge in [-0.1, -0.05) is 30.3 Å². The first-order valence-electron chi connectivity index (χ1n) is 10.5. The van der Waals surface area contributed by atoms with Crippen LogP contribution in [0.15, 0.2) is 64.4 Å². The quantitative estimate of drug-likeness (QED) is 0.401. The van der Waals surface area contributed by atoms with E-state index >= 15 is 0 Å². The number of aromatic nitrogens is 4. The van der Waals surface area contributed by atoms with Crippen LogP contribution in [0.4, 0.5) is 8.78 Å². The molecule has 34 heavy (non-hydrogen) atoms. The van der Waals surface area contributed by atoms with E-state index in [0.717, 1.165) is 14.9 Å². The van der Waals surface area contributed by atoms with E-state index in [1.54, 1.807) is 0 Å². The Bertz CT molecular complexity index is 1410. The molecule has 9 nitrogen and oxygen atoms in total. The molecule has 0 spiro atoms. The van der Waals surface area contributed by atoms with Crippen LogP contribution in [0, 0.1) is 0 Å². The summed E-state index contributed by atoms with van der Waals surface area (Å²) in [6, 6.07) is 13.6. The van der Waals surface area contributed by atoms with Crippen LogP contribution in [-0.4, -0.2) is 37.2 Å². The van der Waals surface area contributed by atoms with Crippen LogP contribution in [0.1, 0.15) is 17.5 Å². The minimum atomic E-state index is -2.98. The van der Waals surface area contributed by atoms with Gasteiger partial charge in [0.05, 0.1) is 0 Å². The van der Waals surface area contributed by atoms with Crippen molar-refractivity contribution in [3.05, 3.63) is 86.8 Å². The molecule has 0 saturated heterocycles. The van der Waals surface area contributed by atoms with Gasteiger partial charge in [0.2, 0.25) is 0 Å². The zero-order chi connectivity index (χ0) is 24.2. The standard InChI is InChI=1S/C23H22F2N4O5/c1-27-20-19(21(31)28(23(27)32)10-5-11-30)29(14-26-20)34-18-9-8-17(33-22(24)25)13-16(18)12-15-6-3-2-4-7-15/h2-4,6-9,13-14,22,30H,5,10-12H2,1H3. The Kier molecular flexibility index (Phi) is 6.73. The number of hydrogen-bond donors (Lipinski definition) is 1. The topological polar surface area (TPSA) is 101 Å². The third-order valence-corrected chi connectivity index (χ3v) is 5.23. The Morgan fingerprint density at radius 1 is 1.12 bits per heavy atom. The number of nitrogens with zero attached hydrogens (tertiary/aromatic N) is 4. The number of halogens is 2. The molecule has 0 radical (unpaired) electrons. The fourth-order valence-corrected chi connectivity index (χ4v) is 3.62. The highest BCUT2D eigenvalue weighted by Gasteiger charge is 2.19. The van der Waals surface area contributed by atoms with E-state index in [-0.39, 0.29) is 36.5 Å². The van der Waals surface area contributed by atoms with Crippen molar-refractivity contribution in [2.45, 2.75) is 26.0 Å². The van der Waals surface area contributed by atoms with Crippen molar-refractivity contribution in [2.24, 2.45) is 7.05 Å². The smallest absolute Gasteiger partial charge is 0.387 e. The van der Waals surface area contributed by atoms with Gasteiger partial charge >= 0.3 is 12.3 Å². The molecule has 2 aromatic carbocycles. The minimum absolute atomic E-state index is 0.0265. The first-order chi connectivity index (χ1) is 16.4. The minimum Gasteiger partial charge on any atom is -0.435 e. The molecule has 2 aromatic heterocycles. The average molecular weight is 472 g/mol. The molecule has 0 aliphatic carbocycles. The van der Waals surface area contributed by atoms with Crippen LogP contribution in [0.2, 0.25) is 0 Å². The summed E-state index contributed by atoms with van der Waals surface area (Å²) in [5, 5.41) is 9.11. The van der Waals surface area contributed by atoms with Crippen molar-refractivity contribution in [1.82, 2.24) is 18.8 Å². The molecular weight excluding hydrogens is 450 g/mol. The van der Waals surface area contributed by atoms with E-state index in [9.17, 15) is 18.4 Å². The van der Waals surface area contributed by atoms with Gasteiger partial charge in [0.25, 0.3) is 5.56 Å². The van der Waals surface area contributed by atoms with Crippen LogP contribution >= 0.6 is 0 Å². The predicted molar refractivity (Wildman–Crippen MR) is 119 cm³/mol. The molecule has 0 atom stereocenters. The lowest BCUT2D eigenvalue weighted by atomic mass is 10.0. The van der Waals surface area contributed by atoms with Crippen molar-refractivity contribution >= 4 is 11.2 Å². The van der Waals surface area contributed by atoms with Gasteiger partial charge < -0.3 is 14.7 Å². The van der Waals surface area contributed by atoms with Gasteiger partial charge in [0.15, 0.2) is 16.9 Å². The van der Waals surface area contributed by atoms with Gasteiger partial charge in [-0.25, -0.2) is 9.78 Å². The molecule has 0 aliphatic rings. The van der Waals surface area contributed by atoms with Crippen molar-refractivity contribution in [2.75, 3.05) is 6.61 Å². The van der Waals surface area contributed by atoms with E-state index in [4.69, 9.17) is 9.94 Å². The van der Waals surface area contributed by atoms with E-state index in [0.29, 0.717) is 17.7 Å². The number of imidazole rings is 1. The van der Waals surface area contributed by atoms with E-state index in [1.807, 2.05) is 30.3 Å². The number of aryl methyl sites for hydroxylation is 1. The molecule has 4 rings (SSSR count). The summed E-state index contributed by atoms with van der Waals surface area (Å²) in [6.07, 6.45) is 1.84. The van der Waals surface area contributed by atoms with Crippen molar-refractivity contribution in [3.63, 3.8) is 0 Å². The Morgan fingerprint density at radius 3 is 2.59 bits per heavy atom. The molecule has 2 heterocycles. The number of aliphatic hydroxyl groups is 1. The van der Waals surface area contributed by atoms with Gasteiger partial charge in [0.1, 0.15) is 12.1 Å². The van der Waals surface area contributed by atoms with Crippen LogP contribution in [0.25, 0.3) is 11.2 Å². The second kappa shape index (κ2) is 9.87. The summed E-state index contributed by atoms with van der Waals surface area (Å²) >= 11 is 0. The van der Waals surface area contributed by atoms with Crippen molar-refractivity contribution in [3.8, 4) is 11.5 Å². The third kappa shape index (κ3) is 4.69. The fourth-order valence-electron chi connectivity index (χ4n) is 3.62. The SMILES string of the molecule is Cn1c(=O)n(CCCO)c(=O)c2c1ncn2Oc1ccc(OC(F)F)cc1Cc1ccccc1. The molecule has 11 heteroatoms. The molecule has 0 unspecified atom stereocenters. The lowest BCUT2D eigenvalue weighted by Crippen LogP contribution is -2.40. The molecule has 0 bridgehead atoms. The normalized spacial score (nSPS) is 11.3. The monoisotopic (exact) mass is 472 g/mol. The highest BCUT2D eigenvalue weighted by molar-refractivity contribution is 5.69. The Morgan fingerprint density at radius 2 is 1.88 bits per heavy atom. The van der Waals surface area contributed by atoms with Crippen LogP contribution in [-0.2, 0) is 20.0 Å². The number of aliphatic hydroxyl groups excluding tert-OH is 1. The molecule has 0 saturated carbocycles. The second-order valence-electron chi connectivity index (χ2n) is 7.52. The number of ether oxygens (including phenoxy) is 1. The van der Waals surface area contributed by atoms with Gasteiger partial charge in [0, 0.05) is 32.2 Å². The van der Waals surface area contributed by atoms with Crippen LogP contribution < -0.4 is 20.8 Å². The second-order valence-corrected chi connectivity index (χ2v) is 7.52. The van der Waals surface area contributed by atoms with E-state index in [2.05, 4.69) is 9.72 Å². The fraction of sp³-hybridized carbons (Fsp3) is 0.261. The number of alkyl halides is 2. The van der Waals surface area contributed by atoms with Crippen molar-refractivity contribution in [1.29, 1.82) is 0 Å². The Balaban J connectivity index is 1.78. The van der Waals surface area contributed by atoms with Crippen LogP contribution in [0.5, 0.6) is 11.5 Å². The maximum absolute atomic E-state index is 13.1. The maximum Gasteiger partial charge on any atom is 0.387 e. The molecule has 1 N–H and O–H groups in total. The Hall–Kier alpha value is -3.99. The summed E-state index contributed by atoms with van der Waals surface area (Å²) in [5.74, 6) is 0.262. The molecule has 0 fully saturated rings. The molecule has 4 aromatic rings. The van der Waals surface area contributed by atoms with Crippen LogP contribution in [0.3, 0.4) is 0 Å². The van der Waals surface area contributed by atoms with Gasteiger partial charge in [-0.3, -0.25) is 13.9 Å². The first-order valence-corrected chi connectivity index (χ1v) is 10.5. The van der Waals surface area contributed by atoms with Gasteiger partial charge in [-0.15, -0.1) is 0 Å². The van der Waals surface area contributed by atoms with E-state index < -0.39 is 17.9 Å². The molecular formula is C23H22F2N4O5. The van der Waals surface area contributed by atoms with E-state index in [1.165, 1.54) is 36.1 Å². The summed E-state index contributed by atoms with van der Waals surface area (Å²) < 4.78 is 33.4. The zero-order valence-corrected chi connectivity index (χ0v) is 18.2. The lowest BCUT2D eigenvalue weighted by Gasteiger charge is -2.14. The summed E-state index contributed by atoms with van der Waals surface area (Å²) in [7, 11) is 1.48. The molecule has 0 aliphatic heterocycles. The maximum atomic E-state index is 13.1. The lowest BCUT2D eigenvalue weighted by molar-refractivity contribution is -0.0499. The average Bonchev–Trinajstić information content (AvgIpc) is 3.23. The van der Waals surface area contributed by atoms with Gasteiger partial charge in [-0.05, 0) is 30.2 Å². The predicted octanol–water partition coefficient (Wildman–Crippen LogP) is 2.31. The van der Waals surface area contributed by atoms with Crippen molar-refractivity contribution < 1.29 is 23.5 Å². The highest BCUT2D eigenvalue weighted by atomic mass is 19.3. The molecule has 0 amide bonds. The summed E-state index contributed by atoms with van der Waals surface area (Å²) in [4.78, 5) is 35.7. The number of rotatable bonds is 9. The Labute approximate surface area is 192 Å². The third-order valence-electron chi connectivity index (χ3n) is 5.23. The largest absolute Gasteiger partial charge is 0.435 e. The summed E-state index contributed by atoms with van der Waals surface area (Å²) in [5.41, 5.74) is 0.416. The molecule has 178 valence electrons. The number of hydrogen-bond acceptors (Lipinski definition) is 6. The number of benzene rings is 2. The highest BCUT2D eigenvalue weighted by Crippen LogP contribution is 2.28.